The van der Waals surface area contributed by atoms with Crippen LogP contribution in [0.4, 0.5) is 17.8 Å². The monoisotopic (exact) mass is 306 g/mol. The first-order valence-electron chi connectivity index (χ1n) is 8.32. The molecule has 122 valence electrons. The highest BCUT2D eigenvalue weighted by Gasteiger charge is 2.20. The Morgan fingerprint density at radius 3 is 2.41 bits per heavy atom. The molecule has 1 saturated heterocycles. The highest BCUT2D eigenvalue weighted by molar-refractivity contribution is 5.44. The summed E-state index contributed by atoms with van der Waals surface area (Å²) in [7, 11) is 0. The Labute approximate surface area is 131 Å². The molecule has 0 radical (unpaired) electrons. The molecule has 22 heavy (non-hydrogen) atoms. The molecular formula is C15H26N6O. The quantitative estimate of drug-likeness (QED) is 0.860. The summed E-state index contributed by atoms with van der Waals surface area (Å²) in [5, 5.41) is 6.76. The zero-order chi connectivity index (χ0) is 15.4. The van der Waals surface area contributed by atoms with Gasteiger partial charge in [0.1, 0.15) is 0 Å². The minimum atomic E-state index is 0.291. The lowest BCUT2D eigenvalue weighted by atomic mass is 10.2. The third-order valence-corrected chi connectivity index (χ3v) is 4.02. The summed E-state index contributed by atoms with van der Waals surface area (Å²) in [6.07, 6.45) is 4.98. The van der Waals surface area contributed by atoms with Crippen LogP contribution in [0, 0.1) is 0 Å². The second kappa shape index (κ2) is 7.09. The van der Waals surface area contributed by atoms with E-state index in [4.69, 9.17) is 4.74 Å². The summed E-state index contributed by atoms with van der Waals surface area (Å²) in [5.41, 5.74) is 0. The molecule has 2 heterocycles. The Bertz CT molecular complexity index is 483. The van der Waals surface area contributed by atoms with Crippen molar-refractivity contribution in [3.63, 3.8) is 0 Å². The summed E-state index contributed by atoms with van der Waals surface area (Å²) >= 11 is 0. The number of hydrogen-bond acceptors (Lipinski definition) is 7. The standard InChI is InChI=1S/C15H26N6O/c1-11(2)16-13-18-14(17-12-5-3-4-6-12)20-15(19-13)21-7-9-22-10-8-21/h11-12H,3-10H2,1-2H3,(H2,16,17,18,19,20). The zero-order valence-electron chi connectivity index (χ0n) is 13.5. The summed E-state index contributed by atoms with van der Waals surface area (Å²) in [5.74, 6) is 2.07. The van der Waals surface area contributed by atoms with Crippen LogP contribution in [0.5, 0.6) is 0 Å². The average molecular weight is 306 g/mol. The molecule has 0 atom stereocenters. The maximum Gasteiger partial charge on any atom is 0.232 e. The van der Waals surface area contributed by atoms with Gasteiger partial charge in [0.2, 0.25) is 17.8 Å². The molecule has 1 aliphatic carbocycles. The van der Waals surface area contributed by atoms with Gasteiger partial charge in [0.05, 0.1) is 13.2 Å². The first-order valence-corrected chi connectivity index (χ1v) is 8.32. The van der Waals surface area contributed by atoms with E-state index in [2.05, 4.69) is 44.3 Å². The van der Waals surface area contributed by atoms with Crippen LogP contribution >= 0.6 is 0 Å². The molecule has 7 nitrogen and oxygen atoms in total. The second-order valence-electron chi connectivity index (χ2n) is 6.31. The number of aromatic nitrogens is 3. The third kappa shape index (κ3) is 3.97. The smallest absolute Gasteiger partial charge is 0.232 e. The molecule has 0 spiro atoms. The number of nitrogens with one attached hydrogen (secondary N) is 2. The molecule has 0 unspecified atom stereocenters. The lowest BCUT2D eigenvalue weighted by molar-refractivity contribution is 0.122. The first kappa shape index (κ1) is 15.3. The van der Waals surface area contributed by atoms with Crippen LogP contribution in [0.2, 0.25) is 0 Å². The van der Waals surface area contributed by atoms with Gasteiger partial charge >= 0.3 is 0 Å². The lowest BCUT2D eigenvalue weighted by Gasteiger charge is -2.27. The van der Waals surface area contributed by atoms with Crippen molar-refractivity contribution >= 4 is 17.8 Å². The molecule has 0 aromatic carbocycles. The topological polar surface area (TPSA) is 75.2 Å². The number of morpholine rings is 1. The first-order chi connectivity index (χ1) is 10.7. The third-order valence-electron chi connectivity index (χ3n) is 4.02. The molecule has 0 amide bonds. The number of anilines is 3. The molecule has 2 aliphatic rings. The molecule has 1 aliphatic heterocycles. The van der Waals surface area contributed by atoms with E-state index in [1.54, 1.807) is 0 Å². The fourth-order valence-corrected chi connectivity index (χ4v) is 2.91. The Balaban J connectivity index is 1.80. The van der Waals surface area contributed by atoms with E-state index in [-0.39, 0.29) is 0 Å². The van der Waals surface area contributed by atoms with Crippen molar-refractivity contribution in [1.29, 1.82) is 0 Å². The summed E-state index contributed by atoms with van der Waals surface area (Å²) in [6.45, 7) is 7.28. The van der Waals surface area contributed by atoms with E-state index in [0.717, 1.165) is 32.3 Å². The minimum absolute atomic E-state index is 0.291. The fourth-order valence-electron chi connectivity index (χ4n) is 2.91. The van der Waals surface area contributed by atoms with E-state index in [1.165, 1.54) is 25.7 Å². The van der Waals surface area contributed by atoms with Crippen molar-refractivity contribution < 1.29 is 4.74 Å². The maximum absolute atomic E-state index is 5.41. The molecule has 1 aromatic rings. The maximum atomic E-state index is 5.41. The highest BCUT2D eigenvalue weighted by Crippen LogP contribution is 2.22. The van der Waals surface area contributed by atoms with Crippen LogP contribution in [0.15, 0.2) is 0 Å². The average Bonchev–Trinajstić information content (AvgIpc) is 3.00. The molecular weight excluding hydrogens is 280 g/mol. The van der Waals surface area contributed by atoms with Crippen molar-refractivity contribution in [2.45, 2.75) is 51.6 Å². The second-order valence-corrected chi connectivity index (χ2v) is 6.31. The molecule has 7 heteroatoms. The number of nitrogens with zero attached hydrogens (tertiary/aromatic N) is 4. The largest absolute Gasteiger partial charge is 0.378 e. The Morgan fingerprint density at radius 2 is 1.73 bits per heavy atom. The summed E-state index contributed by atoms with van der Waals surface area (Å²) in [6, 6.07) is 0.783. The molecule has 1 aromatic heterocycles. The Morgan fingerprint density at radius 1 is 1.05 bits per heavy atom. The van der Waals surface area contributed by atoms with Crippen LogP contribution in [-0.2, 0) is 4.74 Å². The van der Waals surface area contributed by atoms with Gasteiger partial charge in [-0.1, -0.05) is 12.8 Å². The van der Waals surface area contributed by atoms with E-state index in [9.17, 15) is 0 Å². The van der Waals surface area contributed by atoms with Gasteiger partial charge < -0.3 is 20.3 Å². The van der Waals surface area contributed by atoms with Crippen LogP contribution < -0.4 is 15.5 Å². The van der Waals surface area contributed by atoms with Crippen molar-refractivity contribution in [2.75, 3.05) is 41.8 Å². The predicted octanol–water partition coefficient (Wildman–Crippen LogP) is 1.88. The number of rotatable bonds is 5. The van der Waals surface area contributed by atoms with Crippen LogP contribution in [-0.4, -0.2) is 53.3 Å². The van der Waals surface area contributed by atoms with Crippen molar-refractivity contribution in [1.82, 2.24) is 15.0 Å². The van der Waals surface area contributed by atoms with Crippen LogP contribution in [0.25, 0.3) is 0 Å². The Hall–Kier alpha value is -1.63. The zero-order valence-corrected chi connectivity index (χ0v) is 13.5. The van der Waals surface area contributed by atoms with Gasteiger partial charge in [0, 0.05) is 25.2 Å². The normalized spacial score (nSPS) is 19.7. The predicted molar refractivity (Wildman–Crippen MR) is 87.5 cm³/mol. The summed E-state index contributed by atoms with van der Waals surface area (Å²) in [4.78, 5) is 15.9. The van der Waals surface area contributed by atoms with Crippen molar-refractivity contribution in [2.24, 2.45) is 0 Å². The molecule has 2 fully saturated rings. The molecule has 1 saturated carbocycles. The van der Waals surface area contributed by atoms with E-state index >= 15 is 0 Å². The number of hydrogen-bond donors (Lipinski definition) is 2. The van der Waals surface area contributed by atoms with Crippen LogP contribution in [0.1, 0.15) is 39.5 Å². The van der Waals surface area contributed by atoms with Crippen molar-refractivity contribution in [3.8, 4) is 0 Å². The minimum Gasteiger partial charge on any atom is -0.378 e. The van der Waals surface area contributed by atoms with Gasteiger partial charge in [-0.15, -0.1) is 0 Å². The van der Waals surface area contributed by atoms with Gasteiger partial charge in [0.15, 0.2) is 0 Å². The number of ether oxygens (including phenoxy) is 1. The SMILES string of the molecule is CC(C)Nc1nc(NC2CCCC2)nc(N2CCOCC2)n1. The Kier molecular flexibility index (Phi) is 4.92. The van der Waals surface area contributed by atoms with Crippen molar-refractivity contribution in [3.05, 3.63) is 0 Å². The van der Waals surface area contributed by atoms with Gasteiger partial charge in [-0.2, -0.15) is 15.0 Å². The molecule has 3 rings (SSSR count). The van der Waals surface area contributed by atoms with Gasteiger partial charge in [-0.05, 0) is 26.7 Å². The van der Waals surface area contributed by atoms with Gasteiger partial charge in [-0.3, -0.25) is 0 Å². The van der Waals surface area contributed by atoms with E-state index in [0.29, 0.717) is 24.0 Å². The lowest BCUT2D eigenvalue weighted by Crippen LogP contribution is -2.37. The van der Waals surface area contributed by atoms with Crippen LogP contribution in [0.3, 0.4) is 0 Å². The highest BCUT2D eigenvalue weighted by atomic mass is 16.5. The molecule has 2 N–H and O–H groups in total. The van der Waals surface area contributed by atoms with E-state index < -0.39 is 0 Å². The fraction of sp³-hybridized carbons (Fsp3) is 0.800. The van der Waals surface area contributed by atoms with Gasteiger partial charge in [-0.25, -0.2) is 0 Å². The molecule has 0 bridgehead atoms. The van der Waals surface area contributed by atoms with Gasteiger partial charge in [0.25, 0.3) is 0 Å². The summed E-state index contributed by atoms with van der Waals surface area (Å²) < 4.78 is 5.41. The van der Waals surface area contributed by atoms with E-state index in [1.807, 2.05) is 0 Å².